The molecule has 0 radical (unpaired) electrons. The summed E-state index contributed by atoms with van der Waals surface area (Å²) in [4.78, 5) is 18.2. The van der Waals surface area contributed by atoms with Crippen LogP contribution in [0.15, 0.2) is 65.6 Å². The fourth-order valence-electron chi connectivity index (χ4n) is 3.64. The fourth-order valence-corrected chi connectivity index (χ4v) is 4.44. The maximum atomic E-state index is 13.0. The number of piperazine rings is 1. The lowest BCUT2D eigenvalue weighted by Gasteiger charge is -2.35. The number of thioether (sulfide) groups is 1. The summed E-state index contributed by atoms with van der Waals surface area (Å²) in [7, 11) is 1.65. The van der Waals surface area contributed by atoms with Gasteiger partial charge in [0.2, 0.25) is 0 Å². The molecule has 7 heteroatoms. The summed E-state index contributed by atoms with van der Waals surface area (Å²) in [6, 6.07) is 19.6. The van der Waals surface area contributed by atoms with E-state index >= 15 is 0 Å². The second-order valence-electron chi connectivity index (χ2n) is 7.21. The van der Waals surface area contributed by atoms with Crippen LogP contribution in [0.1, 0.15) is 17.3 Å². The van der Waals surface area contributed by atoms with Gasteiger partial charge in [0.05, 0.1) is 18.4 Å². The van der Waals surface area contributed by atoms with Crippen LogP contribution in [0.4, 0.5) is 5.82 Å². The number of benzene rings is 2. The third-order valence-corrected chi connectivity index (χ3v) is 6.30. The standard InChI is InChI=1S/C24H26N4O2S/c1-3-31-22-7-5-4-6-20(22)24(29)28-16-14-27(15-17-28)23-13-12-21(25-26-23)18-8-10-19(30-2)11-9-18/h4-13H,3,14-17H2,1-2H3. The molecule has 31 heavy (non-hydrogen) atoms. The summed E-state index contributed by atoms with van der Waals surface area (Å²) in [6.45, 7) is 4.93. The van der Waals surface area contributed by atoms with Gasteiger partial charge in [0.15, 0.2) is 5.82 Å². The third kappa shape index (κ3) is 4.82. The van der Waals surface area contributed by atoms with Crippen molar-refractivity contribution < 1.29 is 9.53 Å². The first-order valence-corrected chi connectivity index (χ1v) is 11.4. The molecule has 0 atom stereocenters. The lowest BCUT2D eigenvalue weighted by molar-refractivity contribution is 0.0743. The highest BCUT2D eigenvalue weighted by molar-refractivity contribution is 7.99. The monoisotopic (exact) mass is 434 g/mol. The molecule has 2 aromatic carbocycles. The van der Waals surface area contributed by atoms with Crippen LogP contribution in [-0.4, -0.2) is 60.0 Å². The zero-order chi connectivity index (χ0) is 21.6. The normalized spacial score (nSPS) is 13.9. The third-order valence-electron chi connectivity index (χ3n) is 5.34. The van der Waals surface area contributed by atoms with Gasteiger partial charge >= 0.3 is 0 Å². The van der Waals surface area contributed by atoms with Crippen LogP contribution in [0, 0.1) is 0 Å². The number of rotatable bonds is 6. The zero-order valence-electron chi connectivity index (χ0n) is 17.8. The Balaban J connectivity index is 1.39. The van der Waals surface area contributed by atoms with Gasteiger partial charge in [-0.3, -0.25) is 4.79 Å². The minimum absolute atomic E-state index is 0.108. The van der Waals surface area contributed by atoms with Crippen molar-refractivity contribution in [3.63, 3.8) is 0 Å². The quantitative estimate of drug-likeness (QED) is 0.541. The molecule has 1 aliphatic rings. The number of hydrogen-bond acceptors (Lipinski definition) is 6. The number of ether oxygens (including phenoxy) is 1. The molecule has 0 bridgehead atoms. The minimum Gasteiger partial charge on any atom is -0.497 e. The van der Waals surface area contributed by atoms with Crippen molar-refractivity contribution in [2.75, 3.05) is 43.9 Å². The summed E-state index contributed by atoms with van der Waals surface area (Å²) in [6.07, 6.45) is 0. The molecular weight excluding hydrogens is 408 g/mol. The van der Waals surface area contributed by atoms with Gasteiger partial charge in [-0.15, -0.1) is 22.0 Å². The maximum Gasteiger partial charge on any atom is 0.255 e. The summed E-state index contributed by atoms with van der Waals surface area (Å²) < 4.78 is 5.20. The van der Waals surface area contributed by atoms with Gasteiger partial charge in [-0.25, -0.2) is 0 Å². The Morgan fingerprint density at radius 3 is 2.35 bits per heavy atom. The van der Waals surface area contributed by atoms with Gasteiger partial charge in [0.25, 0.3) is 5.91 Å². The Hall–Kier alpha value is -3.06. The Bertz CT molecular complexity index is 1020. The Morgan fingerprint density at radius 1 is 0.968 bits per heavy atom. The molecule has 0 aliphatic carbocycles. The van der Waals surface area contributed by atoms with Crippen molar-refractivity contribution in [2.24, 2.45) is 0 Å². The number of carbonyl (C=O) groups is 1. The van der Waals surface area contributed by atoms with Gasteiger partial charge in [-0.05, 0) is 54.3 Å². The smallest absolute Gasteiger partial charge is 0.255 e. The highest BCUT2D eigenvalue weighted by Crippen LogP contribution is 2.25. The molecule has 1 aliphatic heterocycles. The van der Waals surface area contributed by atoms with E-state index in [1.54, 1.807) is 18.9 Å². The molecular formula is C24H26N4O2S. The Morgan fingerprint density at radius 2 is 1.71 bits per heavy atom. The molecule has 160 valence electrons. The van der Waals surface area contributed by atoms with Gasteiger partial charge in [0.1, 0.15) is 5.75 Å². The van der Waals surface area contributed by atoms with Crippen LogP contribution in [0.2, 0.25) is 0 Å². The average Bonchev–Trinajstić information content (AvgIpc) is 2.84. The van der Waals surface area contributed by atoms with Crippen molar-refractivity contribution in [1.82, 2.24) is 15.1 Å². The predicted molar refractivity (Wildman–Crippen MR) is 125 cm³/mol. The fraction of sp³-hybridized carbons (Fsp3) is 0.292. The number of carbonyl (C=O) groups excluding carboxylic acids is 1. The first-order valence-electron chi connectivity index (χ1n) is 10.4. The highest BCUT2D eigenvalue weighted by atomic mass is 32.2. The molecule has 0 saturated carbocycles. The first-order chi connectivity index (χ1) is 15.2. The Labute approximate surface area is 187 Å². The molecule has 6 nitrogen and oxygen atoms in total. The van der Waals surface area contributed by atoms with Crippen molar-refractivity contribution in [1.29, 1.82) is 0 Å². The zero-order valence-corrected chi connectivity index (χ0v) is 18.6. The van der Waals surface area contributed by atoms with Crippen LogP contribution in [0.25, 0.3) is 11.3 Å². The second kappa shape index (κ2) is 9.83. The SMILES string of the molecule is CCSc1ccccc1C(=O)N1CCN(c2ccc(-c3ccc(OC)cc3)nn2)CC1. The van der Waals surface area contributed by atoms with Crippen molar-refractivity contribution in [2.45, 2.75) is 11.8 Å². The molecule has 1 fully saturated rings. The van der Waals surface area contributed by atoms with E-state index in [9.17, 15) is 4.79 Å². The maximum absolute atomic E-state index is 13.0. The highest BCUT2D eigenvalue weighted by Gasteiger charge is 2.24. The van der Waals surface area contributed by atoms with Crippen molar-refractivity contribution in [3.8, 4) is 17.0 Å². The molecule has 1 saturated heterocycles. The van der Waals surface area contributed by atoms with E-state index in [-0.39, 0.29) is 5.91 Å². The van der Waals surface area contributed by atoms with Crippen molar-refractivity contribution >= 4 is 23.5 Å². The molecule has 2 heterocycles. The van der Waals surface area contributed by atoms with Gasteiger partial charge in [-0.2, -0.15) is 0 Å². The van der Waals surface area contributed by atoms with E-state index in [2.05, 4.69) is 22.0 Å². The number of anilines is 1. The van der Waals surface area contributed by atoms with E-state index in [0.29, 0.717) is 13.1 Å². The van der Waals surface area contributed by atoms with Crippen LogP contribution < -0.4 is 9.64 Å². The van der Waals surface area contributed by atoms with Crippen LogP contribution >= 0.6 is 11.8 Å². The van der Waals surface area contributed by atoms with Crippen LogP contribution in [0.3, 0.4) is 0 Å². The van der Waals surface area contributed by atoms with Crippen LogP contribution in [0.5, 0.6) is 5.75 Å². The molecule has 0 unspecified atom stereocenters. The minimum atomic E-state index is 0.108. The molecule has 1 amide bonds. The van der Waals surface area contributed by atoms with Crippen LogP contribution in [-0.2, 0) is 0 Å². The van der Waals surface area contributed by atoms with Gasteiger partial charge in [0, 0.05) is 36.6 Å². The molecule has 3 aromatic rings. The summed E-state index contributed by atoms with van der Waals surface area (Å²) >= 11 is 1.71. The average molecular weight is 435 g/mol. The number of methoxy groups -OCH3 is 1. The lowest BCUT2D eigenvalue weighted by atomic mass is 10.1. The van der Waals surface area contributed by atoms with E-state index < -0.39 is 0 Å². The number of aromatic nitrogens is 2. The summed E-state index contributed by atoms with van der Waals surface area (Å²) in [5, 5.41) is 8.82. The number of nitrogens with zero attached hydrogens (tertiary/aromatic N) is 4. The van der Waals surface area contributed by atoms with E-state index in [1.807, 2.05) is 65.6 Å². The largest absolute Gasteiger partial charge is 0.497 e. The number of amides is 1. The Kier molecular flexibility index (Phi) is 6.72. The molecule has 0 N–H and O–H groups in total. The van der Waals surface area contributed by atoms with E-state index in [1.165, 1.54) is 0 Å². The summed E-state index contributed by atoms with van der Waals surface area (Å²) in [5.41, 5.74) is 2.62. The predicted octanol–water partition coefficient (Wildman–Crippen LogP) is 4.23. The van der Waals surface area contributed by atoms with E-state index in [4.69, 9.17) is 4.74 Å². The lowest BCUT2D eigenvalue weighted by Crippen LogP contribution is -2.49. The molecule has 0 spiro atoms. The second-order valence-corrected chi connectivity index (χ2v) is 8.52. The van der Waals surface area contributed by atoms with E-state index in [0.717, 1.165) is 52.1 Å². The van der Waals surface area contributed by atoms with Crippen molar-refractivity contribution in [3.05, 3.63) is 66.2 Å². The number of hydrogen-bond donors (Lipinski definition) is 0. The first kappa shape index (κ1) is 21.2. The van der Waals surface area contributed by atoms with Gasteiger partial charge in [-0.1, -0.05) is 19.1 Å². The summed E-state index contributed by atoms with van der Waals surface area (Å²) in [5.74, 6) is 2.71. The topological polar surface area (TPSA) is 58.6 Å². The molecule has 1 aromatic heterocycles. The molecule has 4 rings (SSSR count). The van der Waals surface area contributed by atoms with Gasteiger partial charge < -0.3 is 14.5 Å².